The summed E-state index contributed by atoms with van der Waals surface area (Å²) in [6, 6.07) is 11.9. The first-order valence-electron chi connectivity index (χ1n) is 5.80. The molecule has 0 aliphatic rings. The summed E-state index contributed by atoms with van der Waals surface area (Å²) in [4.78, 5) is 0. The zero-order valence-electron chi connectivity index (χ0n) is 10.5. The van der Waals surface area contributed by atoms with Crippen molar-refractivity contribution in [2.24, 2.45) is 0 Å². The van der Waals surface area contributed by atoms with Crippen LogP contribution in [0.3, 0.4) is 0 Å². The van der Waals surface area contributed by atoms with Gasteiger partial charge in [-0.15, -0.1) is 0 Å². The lowest BCUT2D eigenvalue weighted by molar-refractivity contribution is 0.304. The topological polar surface area (TPSA) is 35.2 Å². The van der Waals surface area contributed by atoms with Crippen LogP contribution in [0, 0.1) is 13.8 Å². The molecule has 0 unspecified atom stereocenters. The molecule has 0 saturated carbocycles. The van der Waals surface area contributed by atoms with E-state index in [4.69, 9.17) is 10.5 Å². The van der Waals surface area contributed by atoms with Crippen LogP contribution >= 0.6 is 15.9 Å². The molecule has 2 aromatic carbocycles. The van der Waals surface area contributed by atoms with Crippen LogP contribution in [-0.2, 0) is 6.61 Å². The van der Waals surface area contributed by atoms with Crippen molar-refractivity contribution in [2.75, 3.05) is 5.73 Å². The van der Waals surface area contributed by atoms with E-state index in [1.165, 1.54) is 5.56 Å². The first-order chi connectivity index (χ1) is 8.56. The Morgan fingerprint density at radius 3 is 2.39 bits per heavy atom. The van der Waals surface area contributed by atoms with Crippen molar-refractivity contribution in [3.05, 3.63) is 57.6 Å². The minimum atomic E-state index is 0.558. The highest BCUT2D eigenvalue weighted by Crippen LogP contribution is 2.27. The number of ether oxygens (including phenoxy) is 1. The number of hydrogen-bond donors (Lipinski definition) is 1. The van der Waals surface area contributed by atoms with Gasteiger partial charge >= 0.3 is 0 Å². The molecule has 0 aliphatic carbocycles. The van der Waals surface area contributed by atoms with Crippen LogP contribution in [0.5, 0.6) is 5.75 Å². The van der Waals surface area contributed by atoms with Gasteiger partial charge < -0.3 is 10.5 Å². The molecule has 18 heavy (non-hydrogen) atoms. The Labute approximate surface area is 116 Å². The second-order valence-corrected chi connectivity index (χ2v) is 5.25. The van der Waals surface area contributed by atoms with E-state index < -0.39 is 0 Å². The summed E-state index contributed by atoms with van der Waals surface area (Å²) >= 11 is 3.51. The van der Waals surface area contributed by atoms with Gasteiger partial charge in [-0.05, 0) is 54.8 Å². The van der Waals surface area contributed by atoms with Crippen LogP contribution in [0.25, 0.3) is 0 Å². The minimum absolute atomic E-state index is 0.558. The molecule has 0 amide bonds. The molecule has 0 bridgehead atoms. The molecule has 0 aliphatic heterocycles. The molecule has 3 heteroatoms. The predicted molar refractivity (Wildman–Crippen MR) is 78.8 cm³/mol. The van der Waals surface area contributed by atoms with Crippen molar-refractivity contribution < 1.29 is 4.74 Å². The zero-order valence-corrected chi connectivity index (χ0v) is 12.1. The monoisotopic (exact) mass is 305 g/mol. The van der Waals surface area contributed by atoms with E-state index in [1.807, 2.05) is 31.2 Å². The maximum Gasteiger partial charge on any atom is 0.123 e. The number of anilines is 1. The van der Waals surface area contributed by atoms with Gasteiger partial charge in [0.05, 0.1) is 0 Å². The van der Waals surface area contributed by atoms with Crippen LogP contribution in [0.15, 0.2) is 40.9 Å². The number of aryl methyl sites for hydroxylation is 2. The molecule has 0 spiro atoms. The van der Waals surface area contributed by atoms with E-state index >= 15 is 0 Å². The quantitative estimate of drug-likeness (QED) is 0.861. The molecule has 0 radical (unpaired) electrons. The van der Waals surface area contributed by atoms with Crippen LogP contribution in [0.2, 0.25) is 0 Å². The fraction of sp³-hybridized carbons (Fsp3) is 0.200. The van der Waals surface area contributed by atoms with Gasteiger partial charge in [0, 0.05) is 10.2 Å². The third-order valence-electron chi connectivity index (χ3n) is 2.83. The van der Waals surface area contributed by atoms with Crippen LogP contribution in [0.4, 0.5) is 5.69 Å². The van der Waals surface area contributed by atoms with Gasteiger partial charge in [-0.1, -0.05) is 28.1 Å². The maximum absolute atomic E-state index is 5.84. The lowest BCUT2D eigenvalue weighted by atomic mass is 10.1. The Bertz CT molecular complexity index is 549. The zero-order chi connectivity index (χ0) is 13.1. The van der Waals surface area contributed by atoms with Crippen molar-refractivity contribution in [1.82, 2.24) is 0 Å². The van der Waals surface area contributed by atoms with E-state index in [9.17, 15) is 0 Å². The van der Waals surface area contributed by atoms with Gasteiger partial charge in [-0.3, -0.25) is 0 Å². The maximum atomic E-state index is 5.84. The lowest BCUT2D eigenvalue weighted by Crippen LogP contribution is -1.98. The van der Waals surface area contributed by atoms with Crippen molar-refractivity contribution in [3.8, 4) is 5.75 Å². The Balaban J connectivity index is 2.10. The summed E-state index contributed by atoms with van der Waals surface area (Å²) in [6.45, 7) is 4.66. The highest BCUT2D eigenvalue weighted by atomic mass is 79.9. The number of hydrogen-bond acceptors (Lipinski definition) is 2. The van der Waals surface area contributed by atoms with Gasteiger partial charge in [0.2, 0.25) is 0 Å². The molecule has 0 saturated heterocycles. The number of nitrogens with two attached hydrogens (primary N) is 1. The highest BCUT2D eigenvalue weighted by molar-refractivity contribution is 9.10. The summed E-state index contributed by atoms with van der Waals surface area (Å²) < 4.78 is 6.95. The highest BCUT2D eigenvalue weighted by Gasteiger charge is 2.04. The van der Waals surface area contributed by atoms with Crippen LogP contribution in [0.1, 0.15) is 16.7 Å². The third-order valence-corrected chi connectivity index (χ3v) is 3.68. The van der Waals surface area contributed by atoms with Gasteiger partial charge in [-0.25, -0.2) is 0 Å². The average Bonchev–Trinajstić information content (AvgIpc) is 2.34. The molecule has 0 heterocycles. The summed E-state index contributed by atoms with van der Waals surface area (Å²) in [7, 11) is 0. The predicted octanol–water partition coefficient (Wildman–Crippen LogP) is 4.23. The smallest absolute Gasteiger partial charge is 0.123 e. The fourth-order valence-corrected chi connectivity index (χ4v) is 2.14. The molecule has 2 N–H and O–H groups in total. The van der Waals surface area contributed by atoms with E-state index in [1.54, 1.807) is 0 Å². The van der Waals surface area contributed by atoms with Crippen LogP contribution in [-0.4, -0.2) is 0 Å². The van der Waals surface area contributed by atoms with Crippen LogP contribution < -0.4 is 10.5 Å². The molecular weight excluding hydrogens is 290 g/mol. The van der Waals surface area contributed by atoms with E-state index in [-0.39, 0.29) is 0 Å². The number of nitrogen functional groups attached to an aromatic ring is 1. The molecule has 2 nitrogen and oxygen atoms in total. The lowest BCUT2D eigenvalue weighted by Gasteiger charge is -2.11. The number of benzene rings is 2. The Hall–Kier alpha value is -1.48. The van der Waals surface area contributed by atoms with Crippen molar-refractivity contribution in [2.45, 2.75) is 20.5 Å². The van der Waals surface area contributed by atoms with Gasteiger partial charge in [-0.2, -0.15) is 0 Å². The fourth-order valence-electron chi connectivity index (χ4n) is 1.68. The molecule has 2 aromatic rings. The Kier molecular flexibility index (Phi) is 3.92. The first kappa shape index (κ1) is 13.0. The molecule has 0 aromatic heterocycles. The van der Waals surface area contributed by atoms with E-state index in [2.05, 4.69) is 35.0 Å². The summed E-state index contributed by atoms with van der Waals surface area (Å²) in [5.74, 6) is 0.924. The Morgan fingerprint density at radius 1 is 1.06 bits per heavy atom. The molecule has 0 atom stereocenters. The van der Waals surface area contributed by atoms with Gasteiger partial charge in [0.25, 0.3) is 0 Å². The number of halogens is 1. The minimum Gasteiger partial charge on any atom is -0.489 e. The summed E-state index contributed by atoms with van der Waals surface area (Å²) in [6.07, 6.45) is 0. The van der Waals surface area contributed by atoms with E-state index in [0.717, 1.165) is 27.0 Å². The molecule has 2 rings (SSSR count). The SMILES string of the molecule is Cc1cc(OCc2ccc(N)cc2)c(C)cc1Br. The normalized spacial score (nSPS) is 10.4. The first-order valence-corrected chi connectivity index (χ1v) is 6.59. The molecule has 94 valence electrons. The summed E-state index contributed by atoms with van der Waals surface area (Å²) in [5, 5.41) is 0. The van der Waals surface area contributed by atoms with Crippen molar-refractivity contribution >= 4 is 21.6 Å². The standard InChI is InChI=1S/C15H16BrNO/c1-10-8-15(11(2)7-14(10)16)18-9-12-3-5-13(17)6-4-12/h3-8H,9,17H2,1-2H3. The third kappa shape index (κ3) is 3.05. The summed E-state index contributed by atoms with van der Waals surface area (Å²) in [5.41, 5.74) is 9.84. The second-order valence-electron chi connectivity index (χ2n) is 4.40. The van der Waals surface area contributed by atoms with Crippen molar-refractivity contribution in [1.29, 1.82) is 0 Å². The Morgan fingerprint density at radius 2 is 1.72 bits per heavy atom. The molecular formula is C15H16BrNO. The van der Waals surface area contributed by atoms with Gasteiger partial charge in [0.15, 0.2) is 0 Å². The number of rotatable bonds is 3. The average molecular weight is 306 g/mol. The van der Waals surface area contributed by atoms with Crippen molar-refractivity contribution in [3.63, 3.8) is 0 Å². The largest absolute Gasteiger partial charge is 0.489 e. The van der Waals surface area contributed by atoms with Gasteiger partial charge in [0.1, 0.15) is 12.4 Å². The molecule has 0 fully saturated rings. The van der Waals surface area contributed by atoms with E-state index in [0.29, 0.717) is 6.61 Å². The second kappa shape index (κ2) is 5.44.